The summed E-state index contributed by atoms with van der Waals surface area (Å²) in [6, 6.07) is 12.5. The Hall–Kier alpha value is -3.61. The van der Waals surface area contributed by atoms with Gasteiger partial charge in [-0.25, -0.2) is 9.18 Å². The van der Waals surface area contributed by atoms with Gasteiger partial charge in [-0.1, -0.05) is 6.07 Å². The predicted molar refractivity (Wildman–Crippen MR) is 107 cm³/mol. The summed E-state index contributed by atoms with van der Waals surface area (Å²) < 4.78 is 30.9. The minimum Gasteiger partial charge on any atom is -0.454 e. The molecular weight excluding hydrogens is 389 g/mol. The summed E-state index contributed by atoms with van der Waals surface area (Å²) in [6.07, 6.45) is 0. The lowest BCUT2D eigenvalue weighted by molar-refractivity contribution is 0.0474. The van der Waals surface area contributed by atoms with Crippen molar-refractivity contribution in [3.63, 3.8) is 0 Å². The quantitative estimate of drug-likeness (QED) is 0.454. The number of esters is 1. The van der Waals surface area contributed by atoms with Crippen LogP contribution in [0, 0.1) is 19.7 Å². The third-order valence-electron chi connectivity index (χ3n) is 5.07. The summed E-state index contributed by atoms with van der Waals surface area (Å²) in [5.41, 5.74) is 3.41. The number of aryl methyl sites for hydroxylation is 1. The average molecular weight is 409 g/mol. The molecule has 154 valence electrons. The van der Waals surface area contributed by atoms with Crippen LogP contribution in [0.15, 0.2) is 48.5 Å². The van der Waals surface area contributed by atoms with Crippen LogP contribution in [0.5, 0.6) is 11.5 Å². The second-order valence-electron chi connectivity index (χ2n) is 7.06. The number of benzene rings is 2. The van der Waals surface area contributed by atoms with Crippen LogP contribution in [0.2, 0.25) is 0 Å². The number of hydrogen-bond acceptors (Lipinski definition) is 5. The van der Waals surface area contributed by atoms with Gasteiger partial charge >= 0.3 is 5.97 Å². The molecule has 0 amide bonds. The van der Waals surface area contributed by atoms with Crippen molar-refractivity contribution in [2.45, 2.75) is 20.4 Å². The summed E-state index contributed by atoms with van der Waals surface area (Å²) >= 11 is 0. The van der Waals surface area contributed by atoms with Crippen LogP contribution in [0.25, 0.3) is 0 Å². The Bertz CT molecular complexity index is 1120. The minimum atomic E-state index is -0.669. The second kappa shape index (κ2) is 8.02. The smallest absolute Gasteiger partial charge is 0.338 e. The van der Waals surface area contributed by atoms with Gasteiger partial charge < -0.3 is 18.8 Å². The maximum absolute atomic E-state index is 13.0. The van der Waals surface area contributed by atoms with Crippen LogP contribution < -0.4 is 9.47 Å². The fourth-order valence-electron chi connectivity index (χ4n) is 3.43. The van der Waals surface area contributed by atoms with Crippen molar-refractivity contribution in [1.29, 1.82) is 0 Å². The molecule has 1 aromatic heterocycles. The van der Waals surface area contributed by atoms with Crippen LogP contribution in [-0.2, 0) is 11.3 Å². The lowest BCUT2D eigenvalue weighted by Gasteiger charge is -2.11. The molecule has 2 heterocycles. The summed E-state index contributed by atoms with van der Waals surface area (Å²) in [5, 5.41) is 0. The predicted octanol–water partition coefficient (Wildman–Crippen LogP) is 4.06. The third-order valence-corrected chi connectivity index (χ3v) is 5.07. The molecule has 1 aliphatic rings. The lowest BCUT2D eigenvalue weighted by atomic mass is 10.1. The number of halogens is 1. The van der Waals surface area contributed by atoms with Gasteiger partial charge in [0.25, 0.3) is 0 Å². The van der Waals surface area contributed by atoms with Gasteiger partial charge in [-0.05, 0) is 61.9 Å². The SMILES string of the molecule is Cc1cc(C(=O)COC(=O)c2ccc(F)cc2)c(C)n1Cc1ccc2c(c1)OCO2. The van der Waals surface area contributed by atoms with Crippen molar-refractivity contribution in [3.05, 3.63) is 82.4 Å². The van der Waals surface area contributed by atoms with E-state index in [4.69, 9.17) is 14.2 Å². The Morgan fingerprint density at radius 1 is 1.03 bits per heavy atom. The Morgan fingerprint density at radius 2 is 1.77 bits per heavy atom. The molecule has 2 aromatic carbocycles. The van der Waals surface area contributed by atoms with E-state index < -0.39 is 11.8 Å². The highest BCUT2D eigenvalue weighted by molar-refractivity contribution is 6.00. The summed E-state index contributed by atoms with van der Waals surface area (Å²) in [4.78, 5) is 24.7. The van der Waals surface area contributed by atoms with E-state index in [0.29, 0.717) is 17.9 Å². The van der Waals surface area contributed by atoms with Crippen LogP contribution in [0.3, 0.4) is 0 Å². The molecule has 6 nitrogen and oxygen atoms in total. The summed E-state index contributed by atoms with van der Waals surface area (Å²) in [5.74, 6) is 0.0167. The summed E-state index contributed by atoms with van der Waals surface area (Å²) in [7, 11) is 0. The van der Waals surface area contributed by atoms with E-state index in [0.717, 1.165) is 22.7 Å². The van der Waals surface area contributed by atoms with Gasteiger partial charge in [0.05, 0.1) is 5.56 Å². The Morgan fingerprint density at radius 3 is 2.53 bits per heavy atom. The van der Waals surface area contributed by atoms with Crippen LogP contribution in [0.1, 0.15) is 37.7 Å². The van der Waals surface area contributed by atoms with E-state index in [2.05, 4.69) is 0 Å². The number of Topliss-reactive ketones (excluding diaryl/α,β-unsaturated/α-hetero) is 1. The molecule has 0 bridgehead atoms. The highest BCUT2D eigenvalue weighted by atomic mass is 19.1. The zero-order valence-corrected chi connectivity index (χ0v) is 16.6. The number of ketones is 1. The van der Waals surface area contributed by atoms with E-state index in [1.165, 1.54) is 24.3 Å². The number of ether oxygens (including phenoxy) is 3. The van der Waals surface area contributed by atoms with Crippen molar-refractivity contribution in [2.75, 3.05) is 13.4 Å². The number of fused-ring (bicyclic) bond motifs is 1. The normalized spacial score (nSPS) is 12.1. The van der Waals surface area contributed by atoms with E-state index in [9.17, 15) is 14.0 Å². The van der Waals surface area contributed by atoms with E-state index in [1.54, 1.807) is 6.07 Å². The molecule has 0 spiro atoms. The molecule has 0 radical (unpaired) electrons. The Kier molecular flexibility index (Phi) is 5.27. The fraction of sp³-hybridized carbons (Fsp3) is 0.217. The minimum absolute atomic E-state index is 0.192. The van der Waals surface area contributed by atoms with Crippen LogP contribution in [-0.4, -0.2) is 29.7 Å². The zero-order chi connectivity index (χ0) is 21.3. The van der Waals surface area contributed by atoms with E-state index in [1.807, 2.05) is 36.6 Å². The molecule has 0 saturated carbocycles. The van der Waals surface area contributed by atoms with Gasteiger partial charge in [-0.2, -0.15) is 0 Å². The topological polar surface area (TPSA) is 66.8 Å². The Labute approximate surface area is 172 Å². The van der Waals surface area contributed by atoms with Crippen LogP contribution in [0.4, 0.5) is 4.39 Å². The van der Waals surface area contributed by atoms with Crippen molar-refractivity contribution >= 4 is 11.8 Å². The molecule has 1 aliphatic heterocycles. The molecule has 0 saturated heterocycles. The van der Waals surface area contributed by atoms with Crippen molar-refractivity contribution < 1.29 is 28.2 Å². The van der Waals surface area contributed by atoms with Gasteiger partial charge in [0.2, 0.25) is 12.6 Å². The first-order valence-corrected chi connectivity index (χ1v) is 9.43. The van der Waals surface area contributed by atoms with E-state index in [-0.39, 0.29) is 24.7 Å². The first kappa shape index (κ1) is 19.7. The monoisotopic (exact) mass is 409 g/mol. The summed E-state index contributed by atoms with van der Waals surface area (Å²) in [6.45, 7) is 4.17. The first-order valence-electron chi connectivity index (χ1n) is 9.43. The van der Waals surface area contributed by atoms with E-state index >= 15 is 0 Å². The van der Waals surface area contributed by atoms with Crippen molar-refractivity contribution in [3.8, 4) is 11.5 Å². The van der Waals surface area contributed by atoms with Crippen molar-refractivity contribution in [1.82, 2.24) is 4.57 Å². The second-order valence-corrected chi connectivity index (χ2v) is 7.06. The molecule has 0 N–H and O–H groups in total. The van der Waals surface area contributed by atoms with Crippen molar-refractivity contribution in [2.24, 2.45) is 0 Å². The molecule has 3 aromatic rings. The molecule has 7 heteroatoms. The molecule has 0 aliphatic carbocycles. The molecule has 0 fully saturated rings. The third kappa shape index (κ3) is 3.91. The molecule has 30 heavy (non-hydrogen) atoms. The number of nitrogens with zero attached hydrogens (tertiary/aromatic N) is 1. The lowest BCUT2D eigenvalue weighted by Crippen LogP contribution is -2.15. The van der Waals surface area contributed by atoms with Gasteiger partial charge in [-0.15, -0.1) is 0 Å². The Balaban J connectivity index is 1.45. The fourth-order valence-corrected chi connectivity index (χ4v) is 3.43. The standard InChI is InChI=1S/C23H20FNO5/c1-14-9-19(20(26)12-28-23(27)17-4-6-18(24)7-5-17)15(2)25(14)11-16-3-8-21-22(10-16)30-13-29-21/h3-10H,11-13H2,1-2H3. The molecule has 0 atom stereocenters. The van der Waals surface area contributed by atoms with Gasteiger partial charge in [0, 0.05) is 23.5 Å². The molecule has 0 unspecified atom stereocenters. The zero-order valence-electron chi connectivity index (χ0n) is 16.6. The number of aromatic nitrogens is 1. The maximum Gasteiger partial charge on any atom is 0.338 e. The molecular formula is C23H20FNO5. The number of carbonyl (C=O) groups excluding carboxylic acids is 2. The molecule has 4 rings (SSSR count). The van der Waals surface area contributed by atoms with Crippen LogP contribution >= 0.6 is 0 Å². The average Bonchev–Trinajstić information content (AvgIpc) is 3.31. The highest BCUT2D eigenvalue weighted by Crippen LogP contribution is 2.33. The largest absolute Gasteiger partial charge is 0.454 e. The van der Waals surface area contributed by atoms with Gasteiger partial charge in [-0.3, -0.25) is 4.79 Å². The number of carbonyl (C=O) groups is 2. The van der Waals surface area contributed by atoms with Gasteiger partial charge in [0.1, 0.15) is 5.82 Å². The number of rotatable bonds is 6. The number of hydrogen-bond donors (Lipinski definition) is 0. The highest BCUT2D eigenvalue weighted by Gasteiger charge is 2.19. The first-order chi connectivity index (χ1) is 14.4. The maximum atomic E-state index is 13.0. The van der Waals surface area contributed by atoms with Gasteiger partial charge in [0.15, 0.2) is 18.1 Å².